The largest absolute Gasteiger partial charge is 0.490 e. The Bertz CT molecular complexity index is 1620. The number of hydrogen-bond donors (Lipinski definition) is 3. The number of anilines is 1. The van der Waals surface area contributed by atoms with Crippen molar-refractivity contribution in [1.29, 1.82) is 0 Å². The summed E-state index contributed by atoms with van der Waals surface area (Å²) in [6.07, 6.45) is 4.50. The summed E-state index contributed by atoms with van der Waals surface area (Å²) in [7, 11) is 0. The first-order chi connectivity index (χ1) is 21.2. The zero-order chi connectivity index (χ0) is 31.1. The van der Waals surface area contributed by atoms with Gasteiger partial charge in [0.2, 0.25) is 11.8 Å². The third-order valence-electron chi connectivity index (χ3n) is 7.67. The first-order valence-electron chi connectivity index (χ1n) is 15.1. The molecule has 5 rings (SSSR count). The minimum absolute atomic E-state index is 0.0475. The molecule has 0 unspecified atom stereocenters. The number of rotatable bonds is 11. The number of carbonyl (C=O) groups excluding carboxylic acids is 2. The number of carboxylic acid groups (broad SMARTS) is 1. The van der Waals surface area contributed by atoms with Crippen LogP contribution < -0.4 is 20.1 Å². The molecular weight excluding hydrogens is 556 g/mol. The second kappa shape index (κ2) is 14.1. The molecule has 8 heteroatoms. The van der Waals surface area contributed by atoms with Gasteiger partial charge in [-0.3, -0.25) is 9.59 Å². The molecule has 8 nitrogen and oxygen atoms in total. The van der Waals surface area contributed by atoms with E-state index in [1.165, 1.54) is 6.07 Å². The van der Waals surface area contributed by atoms with E-state index in [1.807, 2.05) is 48.5 Å². The van der Waals surface area contributed by atoms with Crippen LogP contribution in [0.25, 0.3) is 10.8 Å². The smallest absolute Gasteiger partial charge is 0.337 e. The third kappa shape index (κ3) is 8.37. The van der Waals surface area contributed by atoms with Crippen molar-refractivity contribution in [1.82, 2.24) is 5.32 Å². The molecule has 0 aliphatic heterocycles. The molecule has 0 saturated heterocycles. The summed E-state index contributed by atoms with van der Waals surface area (Å²) in [5.41, 5.74) is 1.09. The van der Waals surface area contributed by atoms with Gasteiger partial charge in [-0.05, 0) is 96.5 Å². The standard InChI is InChI=1S/C36H38N2O6/c1-23(2)19-34(39)37-27-11-17-29(18-12-27)44-31-16-10-25-21-30(15-9-26(25)22-31)43-28-13-7-24(8-14-28)20-35(40)38-33-6-4-3-5-32(33)36(41)42/h3-10,13-16,21-23,27,29H,11-12,17-20H2,1-2H3,(H,37,39)(H,38,40)(H,41,42). The Morgan fingerprint density at radius 2 is 1.43 bits per heavy atom. The molecule has 0 bridgehead atoms. The van der Waals surface area contributed by atoms with Crippen molar-refractivity contribution in [3.05, 3.63) is 96.1 Å². The maximum atomic E-state index is 12.5. The number of para-hydroxylation sites is 1. The van der Waals surface area contributed by atoms with Crippen LogP contribution in [0.2, 0.25) is 0 Å². The minimum atomic E-state index is -1.09. The number of carbonyl (C=O) groups is 3. The molecule has 44 heavy (non-hydrogen) atoms. The van der Waals surface area contributed by atoms with Gasteiger partial charge in [0, 0.05) is 12.5 Å². The molecule has 4 aromatic rings. The highest BCUT2D eigenvalue weighted by Crippen LogP contribution is 2.30. The number of aromatic carboxylic acids is 1. The Hall–Kier alpha value is -4.85. The van der Waals surface area contributed by atoms with E-state index in [2.05, 4.69) is 24.5 Å². The summed E-state index contributed by atoms with van der Waals surface area (Å²) in [5.74, 6) is 1.28. The Morgan fingerprint density at radius 3 is 2.11 bits per heavy atom. The predicted octanol–water partition coefficient (Wildman–Crippen LogP) is 7.36. The molecule has 0 radical (unpaired) electrons. The fourth-order valence-corrected chi connectivity index (χ4v) is 5.48. The minimum Gasteiger partial charge on any atom is -0.490 e. The van der Waals surface area contributed by atoms with Crippen LogP contribution >= 0.6 is 0 Å². The molecule has 1 aliphatic carbocycles. The van der Waals surface area contributed by atoms with Crippen molar-refractivity contribution in [2.45, 2.75) is 64.5 Å². The van der Waals surface area contributed by atoms with Crippen LogP contribution in [0.1, 0.15) is 61.9 Å². The van der Waals surface area contributed by atoms with Gasteiger partial charge in [-0.1, -0.05) is 50.2 Å². The lowest BCUT2D eigenvalue weighted by atomic mass is 9.92. The monoisotopic (exact) mass is 594 g/mol. The predicted molar refractivity (Wildman–Crippen MR) is 170 cm³/mol. The fourth-order valence-electron chi connectivity index (χ4n) is 5.48. The van der Waals surface area contributed by atoms with E-state index < -0.39 is 5.97 Å². The molecule has 1 saturated carbocycles. The number of carboxylic acids is 1. The molecular formula is C36H38N2O6. The lowest BCUT2D eigenvalue weighted by Gasteiger charge is -2.29. The Balaban J connectivity index is 1.12. The van der Waals surface area contributed by atoms with Gasteiger partial charge in [0.15, 0.2) is 0 Å². The highest BCUT2D eigenvalue weighted by Gasteiger charge is 2.24. The van der Waals surface area contributed by atoms with Crippen LogP contribution in [0.15, 0.2) is 84.9 Å². The molecule has 0 spiro atoms. The SMILES string of the molecule is CC(C)CC(=O)NC1CCC(Oc2ccc3cc(Oc4ccc(CC(=O)Nc5ccccc5C(=O)O)cc4)ccc3c2)CC1. The Morgan fingerprint density at radius 1 is 0.795 bits per heavy atom. The summed E-state index contributed by atoms with van der Waals surface area (Å²) >= 11 is 0. The lowest BCUT2D eigenvalue weighted by Crippen LogP contribution is -2.40. The van der Waals surface area contributed by atoms with Gasteiger partial charge < -0.3 is 25.2 Å². The normalized spacial score (nSPS) is 16.3. The molecule has 2 amide bonds. The number of benzene rings is 4. The third-order valence-corrected chi connectivity index (χ3v) is 7.67. The van der Waals surface area contributed by atoms with E-state index in [1.54, 1.807) is 30.3 Å². The highest BCUT2D eigenvalue weighted by atomic mass is 16.5. The molecule has 0 aromatic heterocycles. The van der Waals surface area contributed by atoms with Gasteiger partial charge in [0.05, 0.1) is 23.8 Å². The number of amides is 2. The van der Waals surface area contributed by atoms with E-state index in [9.17, 15) is 19.5 Å². The first kappa shape index (κ1) is 30.6. The second-order valence-corrected chi connectivity index (χ2v) is 11.7. The fraction of sp³-hybridized carbons (Fsp3) is 0.306. The maximum Gasteiger partial charge on any atom is 0.337 e. The van der Waals surface area contributed by atoms with Crippen molar-refractivity contribution in [3.8, 4) is 17.2 Å². The molecule has 1 fully saturated rings. The van der Waals surface area contributed by atoms with Gasteiger partial charge in [0.25, 0.3) is 0 Å². The molecule has 4 aromatic carbocycles. The summed E-state index contributed by atoms with van der Waals surface area (Å²) in [4.78, 5) is 36.0. The Labute approximate surface area is 257 Å². The van der Waals surface area contributed by atoms with Crippen molar-refractivity contribution in [2.75, 3.05) is 5.32 Å². The maximum absolute atomic E-state index is 12.5. The quantitative estimate of drug-likeness (QED) is 0.167. The van der Waals surface area contributed by atoms with Crippen LogP contribution in [0.3, 0.4) is 0 Å². The molecule has 1 aliphatic rings. The summed E-state index contributed by atoms with van der Waals surface area (Å²) in [6.45, 7) is 4.11. The van der Waals surface area contributed by atoms with Gasteiger partial charge in [0.1, 0.15) is 17.2 Å². The number of ether oxygens (including phenoxy) is 2. The molecule has 228 valence electrons. The van der Waals surface area contributed by atoms with Crippen molar-refractivity contribution < 1.29 is 29.0 Å². The van der Waals surface area contributed by atoms with Crippen molar-refractivity contribution in [3.63, 3.8) is 0 Å². The summed E-state index contributed by atoms with van der Waals surface area (Å²) < 4.78 is 12.4. The van der Waals surface area contributed by atoms with E-state index in [0.717, 1.165) is 47.8 Å². The van der Waals surface area contributed by atoms with Crippen LogP contribution in [-0.4, -0.2) is 35.0 Å². The van der Waals surface area contributed by atoms with Gasteiger partial charge >= 0.3 is 5.97 Å². The zero-order valence-corrected chi connectivity index (χ0v) is 25.0. The van der Waals surface area contributed by atoms with Gasteiger partial charge in [-0.25, -0.2) is 4.79 Å². The topological polar surface area (TPSA) is 114 Å². The number of fused-ring (bicyclic) bond motifs is 1. The van der Waals surface area contributed by atoms with E-state index in [0.29, 0.717) is 23.8 Å². The van der Waals surface area contributed by atoms with E-state index in [4.69, 9.17) is 9.47 Å². The lowest BCUT2D eigenvalue weighted by molar-refractivity contribution is -0.122. The van der Waals surface area contributed by atoms with Crippen LogP contribution in [0, 0.1) is 5.92 Å². The summed E-state index contributed by atoms with van der Waals surface area (Å²) in [5, 5.41) is 17.2. The van der Waals surface area contributed by atoms with Crippen LogP contribution in [0.5, 0.6) is 17.2 Å². The number of nitrogens with one attached hydrogen (secondary N) is 2. The number of hydrogen-bond acceptors (Lipinski definition) is 5. The molecule has 0 heterocycles. The first-order valence-corrected chi connectivity index (χ1v) is 15.1. The average molecular weight is 595 g/mol. The molecule has 0 atom stereocenters. The Kier molecular flexibility index (Phi) is 9.79. The van der Waals surface area contributed by atoms with Crippen molar-refractivity contribution >= 4 is 34.2 Å². The average Bonchev–Trinajstić information content (AvgIpc) is 2.99. The van der Waals surface area contributed by atoms with Crippen molar-refractivity contribution in [2.24, 2.45) is 5.92 Å². The van der Waals surface area contributed by atoms with Gasteiger partial charge in [-0.15, -0.1) is 0 Å². The summed E-state index contributed by atoms with van der Waals surface area (Å²) in [6, 6.07) is 25.8. The second-order valence-electron chi connectivity index (χ2n) is 11.7. The van der Waals surface area contributed by atoms with E-state index >= 15 is 0 Å². The van der Waals surface area contributed by atoms with Crippen LogP contribution in [-0.2, 0) is 16.0 Å². The van der Waals surface area contributed by atoms with Gasteiger partial charge in [-0.2, -0.15) is 0 Å². The van der Waals surface area contributed by atoms with E-state index in [-0.39, 0.29) is 41.6 Å². The zero-order valence-electron chi connectivity index (χ0n) is 25.0. The molecule has 3 N–H and O–H groups in total. The highest BCUT2D eigenvalue weighted by molar-refractivity contribution is 6.01. The van der Waals surface area contributed by atoms with Crippen LogP contribution in [0.4, 0.5) is 5.69 Å².